The molecule has 0 spiro atoms. The van der Waals surface area contributed by atoms with Crippen LogP contribution in [0.1, 0.15) is 24.8 Å². The highest BCUT2D eigenvalue weighted by atomic mass is 16.5. The summed E-state index contributed by atoms with van der Waals surface area (Å²) in [5.74, 6) is 2.94. The largest absolute Gasteiger partial charge is 0.477 e. The summed E-state index contributed by atoms with van der Waals surface area (Å²) >= 11 is 0. The number of guanidine groups is 1. The predicted octanol–water partition coefficient (Wildman–Crippen LogP) is 1.93. The molecule has 0 amide bonds. The number of likely N-dealkylation sites (tertiary alicyclic amines) is 1. The second-order valence-corrected chi connectivity index (χ2v) is 7.33. The first-order valence-corrected chi connectivity index (χ1v) is 9.88. The van der Waals surface area contributed by atoms with E-state index >= 15 is 0 Å². The van der Waals surface area contributed by atoms with E-state index in [1.165, 1.54) is 12.8 Å². The Morgan fingerprint density at radius 1 is 1.22 bits per heavy atom. The molecule has 3 rings (SSSR count). The molecule has 2 fully saturated rings. The molecule has 2 heterocycles. The van der Waals surface area contributed by atoms with Gasteiger partial charge in [-0.25, -0.2) is 4.98 Å². The van der Waals surface area contributed by atoms with Crippen LogP contribution in [-0.2, 0) is 16.0 Å². The van der Waals surface area contributed by atoms with Crippen molar-refractivity contribution in [1.29, 1.82) is 0 Å². The Morgan fingerprint density at radius 2 is 2.11 bits per heavy atom. The van der Waals surface area contributed by atoms with E-state index in [1.54, 1.807) is 7.11 Å². The van der Waals surface area contributed by atoms with E-state index < -0.39 is 0 Å². The number of hydrogen-bond donors (Lipinski definition) is 1. The van der Waals surface area contributed by atoms with Gasteiger partial charge in [-0.15, -0.1) is 0 Å². The molecule has 1 saturated carbocycles. The Balaban J connectivity index is 1.38. The van der Waals surface area contributed by atoms with Crippen molar-refractivity contribution < 1.29 is 14.2 Å². The van der Waals surface area contributed by atoms with E-state index in [9.17, 15) is 0 Å². The summed E-state index contributed by atoms with van der Waals surface area (Å²) in [6.07, 6.45) is 5.58. The van der Waals surface area contributed by atoms with Crippen molar-refractivity contribution >= 4 is 5.96 Å². The van der Waals surface area contributed by atoms with Crippen molar-refractivity contribution in [3.8, 4) is 5.88 Å². The number of aromatic nitrogens is 1. The second kappa shape index (κ2) is 10.5. The number of rotatable bonds is 10. The van der Waals surface area contributed by atoms with Crippen molar-refractivity contribution in [2.24, 2.45) is 16.8 Å². The van der Waals surface area contributed by atoms with Crippen LogP contribution in [0.25, 0.3) is 0 Å². The molecule has 150 valence electrons. The highest BCUT2D eigenvalue weighted by molar-refractivity contribution is 5.80. The van der Waals surface area contributed by atoms with Gasteiger partial charge in [-0.3, -0.25) is 4.99 Å². The van der Waals surface area contributed by atoms with E-state index in [2.05, 4.69) is 26.3 Å². The van der Waals surface area contributed by atoms with E-state index in [1.807, 2.05) is 19.3 Å². The third-order valence-electron chi connectivity index (χ3n) is 4.99. The lowest BCUT2D eigenvalue weighted by molar-refractivity contribution is 0.0536. The zero-order valence-electron chi connectivity index (χ0n) is 16.5. The molecule has 1 N–H and O–H groups in total. The molecular formula is C20H32N4O3. The van der Waals surface area contributed by atoms with Crippen molar-refractivity contribution in [3.05, 3.63) is 23.9 Å². The predicted molar refractivity (Wildman–Crippen MR) is 105 cm³/mol. The van der Waals surface area contributed by atoms with Gasteiger partial charge in [-0.1, -0.05) is 6.07 Å². The third kappa shape index (κ3) is 6.66. The molecule has 1 atom stereocenters. The summed E-state index contributed by atoms with van der Waals surface area (Å²) in [5.41, 5.74) is 1.12. The van der Waals surface area contributed by atoms with Crippen molar-refractivity contribution in [2.45, 2.75) is 25.8 Å². The maximum absolute atomic E-state index is 5.69. The van der Waals surface area contributed by atoms with Crippen molar-refractivity contribution in [1.82, 2.24) is 15.2 Å². The molecule has 1 aliphatic carbocycles. The summed E-state index contributed by atoms with van der Waals surface area (Å²) in [7, 11) is 3.53. The van der Waals surface area contributed by atoms with Gasteiger partial charge in [0.2, 0.25) is 5.88 Å². The van der Waals surface area contributed by atoms with Gasteiger partial charge >= 0.3 is 0 Å². The van der Waals surface area contributed by atoms with Crippen LogP contribution in [0.2, 0.25) is 0 Å². The number of hydrogen-bond acceptors (Lipinski definition) is 5. The van der Waals surface area contributed by atoms with Crippen LogP contribution in [0.5, 0.6) is 5.88 Å². The quantitative estimate of drug-likeness (QED) is 0.382. The van der Waals surface area contributed by atoms with Gasteiger partial charge in [-0.2, -0.15) is 0 Å². The zero-order chi connectivity index (χ0) is 18.9. The van der Waals surface area contributed by atoms with E-state index in [4.69, 9.17) is 14.2 Å². The van der Waals surface area contributed by atoms with Gasteiger partial charge in [0.05, 0.1) is 26.4 Å². The molecule has 1 aromatic heterocycles. The lowest BCUT2D eigenvalue weighted by Gasteiger charge is -2.21. The normalized spacial score (nSPS) is 20.1. The average molecular weight is 377 g/mol. The fraction of sp³-hybridized carbons (Fsp3) is 0.700. The van der Waals surface area contributed by atoms with Gasteiger partial charge < -0.3 is 24.4 Å². The minimum atomic E-state index is 0.546. The van der Waals surface area contributed by atoms with Crippen LogP contribution in [0.3, 0.4) is 0 Å². The first kappa shape index (κ1) is 19.9. The lowest BCUT2D eigenvalue weighted by Crippen LogP contribution is -2.39. The monoisotopic (exact) mass is 376 g/mol. The molecule has 7 heteroatoms. The topological polar surface area (TPSA) is 68.2 Å². The first-order valence-electron chi connectivity index (χ1n) is 9.88. The smallest absolute Gasteiger partial charge is 0.213 e. The van der Waals surface area contributed by atoms with E-state index in [0.717, 1.165) is 50.2 Å². The fourth-order valence-corrected chi connectivity index (χ4v) is 3.16. The average Bonchev–Trinajstić information content (AvgIpc) is 3.42. The van der Waals surface area contributed by atoms with Crippen LogP contribution in [0.4, 0.5) is 0 Å². The zero-order valence-corrected chi connectivity index (χ0v) is 16.5. The number of aliphatic imine (C=N–C) groups is 1. The Bertz CT molecular complexity index is 589. The number of methoxy groups -OCH3 is 1. The van der Waals surface area contributed by atoms with Crippen LogP contribution in [0, 0.1) is 11.8 Å². The van der Waals surface area contributed by atoms with Crippen LogP contribution in [0.15, 0.2) is 23.3 Å². The molecule has 2 aliphatic rings. The summed E-state index contributed by atoms with van der Waals surface area (Å²) in [5, 5.41) is 3.44. The van der Waals surface area contributed by atoms with E-state index in [0.29, 0.717) is 31.6 Å². The van der Waals surface area contributed by atoms with Crippen LogP contribution < -0.4 is 10.1 Å². The van der Waals surface area contributed by atoms with Gasteiger partial charge in [-0.05, 0) is 30.7 Å². The Kier molecular flexibility index (Phi) is 7.71. The molecule has 0 radical (unpaired) electrons. The second-order valence-electron chi connectivity index (χ2n) is 7.33. The van der Waals surface area contributed by atoms with Crippen LogP contribution >= 0.6 is 0 Å². The third-order valence-corrected chi connectivity index (χ3v) is 4.99. The molecule has 7 nitrogen and oxygen atoms in total. The Morgan fingerprint density at radius 3 is 2.81 bits per heavy atom. The van der Waals surface area contributed by atoms with Gasteiger partial charge in [0.15, 0.2) is 5.96 Å². The molecule has 1 unspecified atom stereocenters. The molecule has 1 aliphatic heterocycles. The minimum absolute atomic E-state index is 0.546. The van der Waals surface area contributed by atoms with Crippen molar-refractivity contribution in [3.63, 3.8) is 0 Å². The van der Waals surface area contributed by atoms with Gasteiger partial charge in [0, 0.05) is 52.0 Å². The first-order chi connectivity index (χ1) is 13.3. The van der Waals surface area contributed by atoms with Gasteiger partial charge in [0.25, 0.3) is 0 Å². The van der Waals surface area contributed by atoms with E-state index in [-0.39, 0.29) is 0 Å². The molecule has 1 saturated heterocycles. The molecule has 0 aromatic carbocycles. The Labute approximate surface area is 162 Å². The van der Waals surface area contributed by atoms with Gasteiger partial charge in [0.1, 0.15) is 0 Å². The molecule has 0 bridgehead atoms. The highest BCUT2D eigenvalue weighted by Crippen LogP contribution is 2.29. The Hall–Kier alpha value is -1.86. The number of ether oxygens (including phenoxy) is 3. The maximum atomic E-state index is 5.69. The standard InChI is InChI=1S/C20H32N4O3/c1-21-20(24-8-7-18(13-24)14-26-10-9-25-2)23-12-17-5-6-19(22-11-17)27-15-16-3-4-16/h5-6,11,16,18H,3-4,7-10,12-15H2,1-2H3,(H,21,23). The summed E-state index contributed by atoms with van der Waals surface area (Å²) in [6, 6.07) is 4.01. The SMILES string of the molecule is CN=C(NCc1ccc(OCC2CC2)nc1)N1CCC(COCCOC)C1. The maximum Gasteiger partial charge on any atom is 0.213 e. The van der Waals surface area contributed by atoms with Crippen molar-refractivity contribution in [2.75, 3.05) is 53.7 Å². The highest BCUT2D eigenvalue weighted by Gasteiger charge is 2.25. The molecule has 27 heavy (non-hydrogen) atoms. The number of pyridine rings is 1. The summed E-state index contributed by atoms with van der Waals surface area (Å²) < 4.78 is 16.4. The fourth-order valence-electron chi connectivity index (χ4n) is 3.16. The van der Waals surface area contributed by atoms with Crippen LogP contribution in [-0.4, -0.2) is 69.5 Å². The minimum Gasteiger partial charge on any atom is -0.477 e. The molecular weight excluding hydrogens is 344 g/mol. The number of nitrogens with zero attached hydrogens (tertiary/aromatic N) is 3. The molecule has 1 aromatic rings. The summed E-state index contributed by atoms with van der Waals surface area (Å²) in [6.45, 7) is 5.56. The lowest BCUT2D eigenvalue weighted by atomic mass is 10.1. The number of nitrogens with one attached hydrogen (secondary N) is 1. The summed E-state index contributed by atoms with van der Waals surface area (Å²) in [4.78, 5) is 11.1.